The van der Waals surface area contributed by atoms with Crippen LogP contribution >= 0.6 is 31.9 Å². The second kappa shape index (κ2) is 8.70. The number of phenols is 1. The van der Waals surface area contributed by atoms with E-state index in [9.17, 15) is 9.90 Å². The van der Waals surface area contributed by atoms with Gasteiger partial charge in [0.25, 0.3) is 5.91 Å². The number of rotatable bonds is 5. The van der Waals surface area contributed by atoms with Crippen LogP contribution in [0.3, 0.4) is 0 Å². The SMILES string of the molecule is Cc1cc(C)n(Cc2cccc(C(=O)N/N=C\c3cc(Br)c(O)c(Br)c3)c2)n1. The zero-order valence-corrected chi connectivity index (χ0v) is 18.5. The van der Waals surface area contributed by atoms with Gasteiger partial charge in [0, 0.05) is 11.3 Å². The molecule has 0 fully saturated rings. The lowest BCUT2D eigenvalue weighted by Crippen LogP contribution is -2.18. The molecule has 0 saturated carbocycles. The van der Waals surface area contributed by atoms with Crippen molar-refractivity contribution in [2.45, 2.75) is 20.4 Å². The van der Waals surface area contributed by atoms with Crippen molar-refractivity contribution in [3.8, 4) is 5.75 Å². The fourth-order valence-electron chi connectivity index (χ4n) is 2.71. The first-order chi connectivity index (χ1) is 13.3. The van der Waals surface area contributed by atoms with Crippen LogP contribution in [0.1, 0.15) is 32.9 Å². The first-order valence-corrected chi connectivity index (χ1v) is 10.0. The van der Waals surface area contributed by atoms with Gasteiger partial charge in [-0.25, -0.2) is 5.43 Å². The number of aryl methyl sites for hydroxylation is 2. The molecule has 6 nitrogen and oxygen atoms in total. The highest BCUT2D eigenvalue weighted by Crippen LogP contribution is 2.32. The van der Waals surface area contributed by atoms with Gasteiger partial charge in [-0.3, -0.25) is 9.48 Å². The molecule has 0 aliphatic carbocycles. The molecular formula is C20H18Br2N4O2. The van der Waals surface area contributed by atoms with E-state index in [1.807, 2.05) is 42.8 Å². The van der Waals surface area contributed by atoms with Crippen LogP contribution in [0.4, 0.5) is 0 Å². The van der Waals surface area contributed by atoms with Crippen LogP contribution in [0.2, 0.25) is 0 Å². The molecule has 2 N–H and O–H groups in total. The van der Waals surface area contributed by atoms with Gasteiger partial charge in [0.2, 0.25) is 0 Å². The molecule has 1 heterocycles. The van der Waals surface area contributed by atoms with Gasteiger partial charge < -0.3 is 5.11 Å². The molecule has 0 saturated heterocycles. The minimum Gasteiger partial charge on any atom is -0.506 e. The molecule has 0 spiro atoms. The van der Waals surface area contributed by atoms with Crippen molar-refractivity contribution in [2.75, 3.05) is 0 Å². The third kappa shape index (κ3) is 4.88. The Labute approximate surface area is 179 Å². The highest BCUT2D eigenvalue weighted by atomic mass is 79.9. The number of hydrazone groups is 1. The summed E-state index contributed by atoms with van der Waals surface area (Å²) in [7, 11) is 0. The summed E-state index contributed by atoms with van der Waals surface area (Å²) in [6.07, 6.45) is 1.51. The molecule has 0 aliphatic heterocycles. The Kier molecular flexibility index (Phi) is 6.31. The molecule has 1 aromatic heterocycles. The predicted molar refractivity (Wildman–Crippen MR) is 116 cm³/mol. The Balaban J connectivity index is 1.68. The van der Waals surface area contributed by atoms with E-state index < -0.39 is 0 Å². The Morgan fingerprint density at radius 3 is 2.57 bits per heavy atom. The lowest BCUT2D eigenvalue weighted by Gasteiger charge is -2.07. The van der Waals surface area contributed by atoms with E-state index in [1.54, 1.807) is 18.2 Å². The number of halogens is 2. The molecule has 3 aromatic rings. The largest absolute Gasteiger partial charge is 0.506 e. The molecule has 1 amide bonds. The zero-order chi connectivity index (χ0) is 20.3. The molecule has 28 heavy (non-hydrogen) atoms. The number of benzene rings is 2. The lowest BCUT2D eigenvalue weighted by molar-refractivity contribution is 0.0955. The minimum atomic E-state index is -0.302. The Hall–Kier alpha value is -2.45. The molecule has 0 unspecified atom stereocenters. The van der Waals surface area contributed by atoms with Crippen molar-refractivity contribution in [1.82, 2.24) is 15.2 Å². The number of carbonyl (C=O) groups excluding carboxylic acids is 1. The average Bonchev–Trinajstić information content (AvgIpc) is 2.96. The predicted octanol–water partition coefficient (Wildman–Crippen LogP) is 4.54. The van der Waals surface area contributed by atoms with Gasteiger partial charge in [0.05, 0.1) is 27.4 Å². The summed E-state index contributed by atoms with van der Waals surface area (Å²) in [5.41, 5.74) is 6.78. The Morgan fingerprint density at radius 2 is 1.93 bits per heavy atom. The summed E-state index contributed by atoms with van der Waals surface area (Å²) < 4.78 is 2.98. The fraction of sp³-hybridized carbons (Fsp3) is 0.150. The molecule has 3 rings (SSSR count). The zero-order valence-electron chi connectivity index (χ0n) is 15.3. The first kappa shape index (κ1) is 20.3. The van der Waals surface area contributed by atoms with Gasteiger partial charge in [0.1, 0.15) is 5.75 Å². The van der Waals surface area contributed by atoms with Gasteiger partial charge >= 0.3 is 0 Å². The van der Waals surface area contributed by atoms with Gasteiger partial charge in [-0.2, -0.15) is 10.2 Å². The second-order valence-electron chi connectivity index (χ2n) is 6.32. The number of hydrogen-bond donors (Lipinski definition) is 2. The number of phenolic OH excluding ortho intramolecular Hbond substituents is 1. The Bertz CT molecular complexity index is 1040. The lowest BCUT2D eigenvalue weighted by atomic mass is 10.1. The highest BCUT2D eigenvalue weighted by molar-refractivity contribution is 9.11. The fourth-order valence-corrected chi connectivity index (χ4v) is 3.93. The van der Waals surface area contributed by atoms with Crippen molar-refractivity contribution in [3.05, 3.63) is 79.5 Å². The van der Waals surface area contributed by atoms with Gasteiger partial charge in [-0.15, -0.1) is 0 Å². The van der Waals surface area contributed by atoms with Crippen LogP contribution in [0.5, 0.6) is 5.75 Å². The van der Waals surface area contributed by atoms with Crippen molar-refractivity contribution in [3.63, 3.8) is 0 Å². The molecule has 0 bridgehead atoms. The van der Waals surface area contributed by atoms with E-state index in [0.717, 1.165) is 22.5 Å². The molecule has 8 heteroatoms. The second-order valence-corrected chi connectivity index (χ2v) is 8.03. The third-order valence-corrected chi connectivity index (χ3v) is 5.25. The van der Waals surface area contributed by atoms with Crippen LogP contribution in [0, 0.1) is 13.8 Å². The topological polar surface area (TPSA) is 79.5 Å². The average molecular weight is 506 g/mol. The highest BCUT2D eigenvalue weighted by Gasteiger charge is 2.08. The third-order valence-electron chi connectivity index (χ3n) is 4.04. The number of hydrogen-bond acceptors (Lipinski definition) is 4. The smallest absolute Gasteiger partial charge is 0.271 e. The van der Waals surface area contributed by atoms with E-state index in [2.05, 4.69) is 47.5 Å². The van der Waals surface area contributed by atoms with Crippen LogP contribution in [-0.2, 0) is 6.54 Å². The molecule has 2 aromatic carbocycles. The summed E-state index contributed by atoms with van der Waals surface area (Å²) in [6, 6.07) is 12.8. The van der Waals surface area contributed by atoms with Crippen molar-refractivity contribution in [2.24, 2.45) is 5.10 Å². The molecule has 0 radical (unpaired) electrons. The number of aromatic nitrogens is 2. The maximum atomic E-state index is 12.4. The number of nitrogens with one attached hydrogen (secondary N) is 1. The Morgan fingerprint density at radius 1 is 1.21 bits per heavy atom. The molecule has 0 atom stereocenters. The number of amides is 1. The maximum Gasteiger partial charge on any atom is 0.271 e. The summed E-state index contributed by atoms with van der Waals surface area (Å²) in [6.45, 7) is 4.56. The van der Waals surface area contributed by atoms with Crippen molar-refractivity contribution >= 4 is 44.0 Å². The minimum absolute atomic E-state index is 0.112. The van der Waals surface area contributed by atoms with E-state index in [4.69, 9.17) is 0 Å². The summed E-state index contributed by atoms with van der Waals surface area (Å²) in [5.74, 6) is -0.191. The van der Waals surface area contributed by atoms with Crippen LogP contribution < -0.4 is 5.43 Å². The van der Waals surface area contributed by atoms with E-state index in [0.29, 0.717) is 21.1 Å². The maximum absolute atomic E-state index is 12.4. The van der Waals surface area contributed by atoms with E-state index in [1.165, 1.54) is 6.21 Å². The van der Waals surface area contributed by atoms with Crippen molar-refractivity contribution < 1.29 is 9.90 Å². The van der Waals surface area contributed by atoms with Crippen molar-refractivity contribution in [1.29, 1.82) is 0 Å². The van der Waals surface area contributed by atoms with Gasteiger partial charge in [-0.1, -0.05) is 12.1 Å². The number of aromatic hydroxyl groups is 1. The number of nitrogens with zero attached hydrogens (tertiary/aromatic N) is 3. The van der Waals surface area contributed by atoms with Gasteiger partial charge in [0.15, 0.2) is 0 Å². The summed E-state index contributed by atoms with van der Waals surface area (Å²) in [4.78, 5) is 12.4. The summed E-state index contributed by atoms with van der Waals surface area (Å²) >= 11 is 6.52. The van der Waals surface area contributed by atoms with Gasteiger partial charge in [-0.05, 0) is 87.2 Å². The quantitative estimate of drug-likeness (QED) is 0.394. The van der Waals surface area contributed by atoms with Crippen LogP contribution in [-0.4, -0.2) is 27.0 Å². The molecular weight excluding hydrogens is 488 g/mol. The van der Waals surface area contributed by atoms with E-state index in [-0.39, 0.29) is 11.7 Å². The summed E-state index contributed by atoms with van der Waals surface area (Å²) in [5, 5.41) is 18.2. The van der Waals surface area contributed by atoms with Crippen LogP contribution in [0.15, 0.2) is 56.5 Å². The van der Waals surface area contributed by atoms with E-state index >= 15 is 0 Å². The monoisotopic (exact) mass is 504 g/mol. The number of carbonyl (C=O) groups is 1. The first-order valence-electron chi connectivity index (χ1n) is 8.45. The molecule has 144 valence electrons. The standard InChI is InChI=1S/C20H18Br2N4O2/c1-12-6-13(2)26(25-12)11-14-4-3-5-16(7-14)20(28)24-23-10-15-8-17(21)19(27)18(22)9-15/h3-10,27H,11H2,1-2H3,(H,24,28)/b23-10-. The normalized spacial score (nSPS) is 11.1. The van der Waals surface area contributed by atoms with Crippen LogP contribution in [0.25, 0.3) is 0 Å². The molecule has 0 aliphatic rings.